The van der Waals surface area contributed by atoms with E-state index in [1.165, 1.54) is 0 Å². The molecule has 0 amide bonds. The zero-order valence-corrected chi connectivity index (χ0v) is 13.3. The Bertz CT molecular complexity index is 513. The molecule has 1 aromatic carbocycles. The Kier molecular flexibility index (Phi) is 6.38. The normalized spacial score (nSPS) is 13.9. The number of benzene rings is 1. The lowest BCUT2D eigenvalue weighted by Crippen LogP contribution is -2.42. The van der Waals surface area contributed by atoms with Gasteiger partial charge in [0.2, 0.25) is 0 Å². The molecule has 0 radical (unpaired) electrons. The minimum atomic E-state index is -0.933. The molecule has 3 nitrogen and oxygen atoms in total. The summed E-state index contributed by atoms with van der Waals surface area (Å²) >= 11 is 0. The minimum absolute atomic E-state index is 0.0582. The molecule has 114 valence electrons. The van der Waals surface area contributed by atoms with Crippen LogP contribution in [0.4, 0.5) is 0 Å². The van der Waals surface area contributed by atoms with Crippen LogP contribution in [0.1, 0.15) is 45.2 Å². The summed E-state index contributed by atoms with van der Waals surface area (Å²) < 4.78 is 0. The van der Waals surface area contributed by atoms with Gasteiger partial charge in [-0.15, -0.1) is 0 Å². The SMILES string of the molecule is CCC(C)NC(C)(C)/C=C/c1ccc(/C=C/C(=O)O)cc1. The Hall–Kier alpha value is -1.87. The summed E-state index contributed by atoms with van der Waals surface area (Å²) in [6, 6.07) is 8.27. The van der Waals surface area contributed by atoms with E-state index in [1.54, 1.807) is 6.08 Å². The number of rotatable bonds is 7. The van der Waals surface area contributed by atoms with Gasteiger partial charge in [-0.3, -0.25) is 0 Å². The van der Waals surface area contributed by atoms with Gasteiger partial charge in [-0.1, -0.05) is 43.3 Å². The summed E-state index contributed by atoms with van der Waals surface area (Å²) in [5.41, 5.74) is 1.92. The molecule has 3 heteroatoms. The number of hydrogen-bond donors (Lipinski definition) is 2. The van der Waals surface area contributed by atoms with Crippen LogP contribution in [0.5, 0.6) is 0 Å². The molecule has 0 aliphatic rings. The van der Waals surface area contributed by atoms with E-state index >= 15 is 0 Å². The number of nitrogens with one attached hydrogen (secondary N) is 1. The van der Waals surface area contributed by atoms with Gasteiger partial charge in [0.25, 0.3) is 0 Å². The first-order chi connectivity index (χ1) is 9.82. The summed E-state index contributed by atoms with van der Waals surface area (Å²) in [5, 5.41) is 12.1. The standard InChI is InChI=1S/C18H25NO2/c1-5-14(2)19-18(3,4)13-12-16-8-6-15(7-9-16)10-11-17(20)21/h6-14,19H,5H2,1-4H3,(H,20,21)/b11-10+,13-12+. The third-order valence-corrected chi connectivity index (χ3v) is 3.28. The van der Waals surface area contributed by atoms with E-state index in [0.29, 0.717) is 6.04 Å². The van der Waals surface area contributed by atoms with Gasteiger partial charge in [0, 0.05) is 17.7 Å². The number of carbonyl (C=O) groups is 1. The Morgan fingerprint density at radius 1 is 1.24 bits per heavy atom. The van der Waals surface area contributed by atoms with Crippen LogP contribution in [0.25, 0.3) is 12.2 Å². The van der Waals surface area contributed by atoms with Gasteiger partial charge in [-0.25, -0.2) is 4.79 Å². The Morgan fingerprint density at radius 2 is 1.76 bits per heavy atom. The Labute approximate surface area is 127 Å². The second-order valence-electron chi connectivity index (χ2n) is 5.85. The molecule has 0 spiro atoms. The van der Waals surface area contributed by atoms with Crippen molar-refractivity contribution in [2.24, 2.45) is 0 Å². The summed E-state index contributed by atoms with van der Waals surface area (Å²) in [7, 11) is 0. The molecule has 0 fully saturated rings. The van der Waals surface area contributed by atoms with E-state index < -0.39 is 5.97 Å². The maximum absolute atomic E-state index is 10.5. The third-order valence-electron chi connectivity index (χ3n) is 3.28. The van der Waals surface area contributed by atoms with Crippen molar-refractivity contribution in [1.82, 2.24) is 5.32 Å². The molecule has 0 aromatic heterocycles. The molecule has 1 unspecified atom stereocenters. The van der Waals surface area contributed by atoms with E-state index in [0.717, 1.165) is 23.6 Å². The highest BCUT2D eigenvalue weighted by Crippen LogP contribution is 2.12. The van der Waals surface area contributed by atoms with Crippen molar-refractivity contribution in [3.8, 4) is 0 Å². The zero-order valence-electron chi connectivity index (χ0n) is 13.3. The van der Waals surface area contributed by atoms with Gasteiger partial charge in [0.15, 0.2) is 0 Å². The summed E-state index contributed by atoms with van der Waals surface area (Å²) in [5.74, 6) is -0.933. The fraction of sp³-hybridized carbons (Fsp3) is 0.389. The highest BCUT2D eigenvalue weighted by Gasteiger charge is 2.15. The van der Waals surface area contributed by atoms with Gasteiger partial charge in [-0.05, 0) is 44.4 Å². The number of hydrogen-bond acceptors (Lipinski definition) is 2. The zero-order chi connectivity index (χ0) is 15.9. The topological polar surface area (TPSA) is 49.3 Å². The van der Waals surface area contributed by atoms with E-state index in [9.17, 15) is 4.79 Å². The Morgan fingerprint density at radius 3 is 2.24 bits per heavy atom. The second-order valence-corrected chi connectivity index (χ2v) is 5.85. The van der Waals surface area contributed by atoms with Crippen molar-refractivity contribution in [2.45, 2.75) is 45.7 Å². The van der Waals surface area contributed by atoms with Crippen LogP contribution in [0.3, 0.4) is 0 Å². The average molecular weight is 287 g/mol. The number of carboxylic acids is 1. The van der Waals surface area contributed by atoms with Crippen LogP contribution in [0.15, 0.2) is 36.4 Å². The maximum Gasteiger partial charge on any atom is 0.328 e. The van der Waals surface area contributed by atoms with Gasteiger partial charge in [0.05, 0.1) is 0 Å². The highest BCUT2D eigenvalue weighted by molar-refractivity contribution is 5.85. The molecule has 0 heterocycles. The molecule has 1 rings (SSSR count). The largest absolute Gasteiger partial charge is 0.478 e. The molecule has 0 aliphatic heterocycles. The van der Waals surface area contributed by atoms with Crippen LogP contribution >= 0.6 is 0 Å². The number of carboxylic acid groups (broad SMARTS) is 1. The number of aliphatic carboxylic acids is 1. The fourth-order valence-electron chi connectivity index (χ4n) is 1.98. The van der Waals surface area contributed by atoms with Crippen LogP contribution in [-0.4, -0.2) is 22.7 Å². The first-order valence-electron chi connectivity index (χ1n) is 7.30. The quantitative estimate of drug-likeness (QED) is 0.746. The second kappa shape index (κ2) is 7.79. The first-order valence-corrected chi connectivity index (χ1v) is 7.30. The lowest BCUT2D eigenvalue weighted by molar-refractivity contribution is -0.131. The first kappa shape index (κ1) is 17.2. The van der Waals surface area contributed by atoms with Crippen LogP contribution < -0.4 is 5.32 Å². The molecule has 0 aliphatic carbocycles. The summed E-state index contributed by atoms with van der Waals surface area (Å²) in [4.78, 5) is 10.5. The van der Waals surface area contributed by atoms with Crippen molar-refractivity contribution in [3.63, 3.8) is 0 Å². The van der Waals surface area contributed by atoms with Crippen molar-refractivity contribution in [2.75, 3.05) is 0 Å². The van der Waals surface area contributed by atoms with Crippen LogP contribution in [-0.2, 0) is 4.79 Å². The van der Waals surface area contributed by atoms with Gasteiger partial charge in [-0.2, -0.15) is 0 Å². The van der Waals surface area contributed by atoms with E-state index in [-0.39, 0.29) is 5.54 Å². The molecule has 0 saturated heterocycles. The molecular weight excluding hydrogens is 262 g/mol. The molecule has 21 heavy (non-hydrogen) atoms. The average Bonchev–Trinajstić information content (AvgIpc) is 2.43. The molecule has 1 aromatic rings. The van der Waals surface area contributed by atoms with Gasteiger partial charge in [0.1, 0.15) is 0 Å². The summed E-state index contributed by atoms with van der Waals surface area (Å²) in [6.45, 7) is 8.65. The Balaban J connectivity index is 2.70. The molecule has 0 bridgehead atoms. The third kappa shape index (κ3) is 6.91. The molecular formula is C18H25NO2. The van der Waals surface area contributed by atoms with Gasteiger partial charge < -0.3 is 10.4 Å². The van der Waals surface area contributed by atoms with E-state index in [2.05, 4.69) is 45.2 Å². The lowest BCUT2D eigenvalue weighted by Gasteiger charge is -2.26. The van der Waals surface area contributed by atoms with E-state index in [4.69, 9.17) is 5.11 Å². The van der Waals surface area contributed by atoms with Crippen LogP contribution in [0, 0.1) is 0 Å². The highest BCUT2D eigenvalue weighted by atomic mass is 16.4. The van der Waals surface area contributed by atoms with Crippen LogP contribution in [0.2, 0.25) is 0 Å². The van der Waals surface area contributed by atoms with Crippen molar-refractivity contribution in [1.29, 1.82) is 0 Å². The molecule has 1 atom stereocenters. The summed E-state index contributed by atoms with van der Waals surface area (Å²) in [6.07, 6.45) is 8.07. The predicted molar refractivity (Wildman–Crippen MR) is 89.1 cm³/mol. The predicted octanol–water partition coefficient (Wildman–Crippen LogP) is 3.96. The minimum Gasteiger partial charge on any atom is -0.478 e. The van der Waals surface area contributed by atoms with Gasteiger partial charge >= 0.3 is 5.97 Å². The monoisotopic (exact) mass is 287 g/mol. The molecule has 0 saturated carbocycles. The maximum atomic E-state index is 10.5. The van der Waals surface area contributed by atoms with Crippen molar-refractivity contribution >= 4 is 18.1 Å². The molecule has 2 N–H and O–H groups in total. The van der Waals surface area contributed by atoms with Crippen molar-refractivity contribution in [3.05, 3.63) is 47.5 Å². The van der Waals surface area contributed by atoms with E-state index in [1.807, 2.05) is 24.3 Å². The van der Waals surface area contributed by atoms with Crippen molar-refractivity contribution < 1.29 is 9.90 Å². The lowest BCUT2D eigenvalue weighted by atomic mass is 10.0. The smallest absolute Gasteiger partial charge is 0.328 e. The fourth-order valence-corrected chi connectivity index (χ4v) is 1.98.